The molecule has 10 heteroatoms. The molecule has 9 nitrogen and oxygen atoms in total. The van der Waals surface area contributed by atoms with E-state index in [2.05, 4.69) is 37.6 Å². The van der Waals surface area contributed by atoms with Crippen LogP contribution in [0.25, 0.3) is 11.3 Å². The van der Waals surface area contributed by atoms with E-state index in [0.29, 0.717) is 28.3 Å². The number of benzene rings is 1. The van der Waals surface area contributed by atoms with Gasteiger partial charge in [0.25, 0.3) is 5.91 Å². The average molecular weight is 451 g/mol. The van der Waals surface area contributed by atoms with Crippen LogP contribution in [0.5, 0.6) is 0 Å². The van der Waals surface area contributed by atoms with Crippen LogP contribution >= 0.6 is 11.6 Å². The molecule has 164 valence electrons. The zero-order valence-corrected chi connectivity index (χ0v) is 18.4. The minimum Gasteiger partial charge on any atom is -0.339 e. The van der Waals surface area contributed by atoms with E-state index in [4.69, 9.17) is 16.9 Å². The van der Waals surface area contributed by atoms with Crippen molar-refractivity contribution in [3.63, 3.8) is 0 Å². The Labute approximate surface area is 191 Å². The fraction of sp³-hybridized carbons (Fsp3) is 0.318. The Morgan fingerprint density at radius 3 is 2.72 bits per heavy atom. The lowest BCUT2D eigenvalue weighted by molar-refractivity contribution is 0.0958. The number of halogens is 1. The molecule has 32 heavy (non-hydrogen) atoms. The van der Waals surface area contributed by atoms with Crippen molar-refractivity contribution < 1.29 is 4.79 Å². The van der Waals surface area contributed by atoms with Crippen LogP contribution in [0.4, 0.5) is 11.6 Å². The lowest BCUT2D eigenvalue weighted by Crippen LogP contribution is -2.31. The number of amides is 1. The Hall–Kier alpha value is -3.48. The standard InChI is InChI=1S/C22H23ClN8O/c1-30-10-6-18(7-11-30)31-14-17(12-27-31)28-22-26-13-19(23)20(29-22)15-2-4-16(5-3-15)21(32)25-9-8-24/h2-5,12-14,18H,6-7,9-11H2,1H3,(H,25,32)(H,26,28,29). The number of carbonyl (C=O) groups excluding carboxylic acids is 1. The van der Waals surface area contributed by atoms with E-state index in [1.54, 1.807) is 36.7 Å². The highest BCUT2D eigenvalue weighted by atomic mass is 35.5. The number of piperidine rings is 1. The number of carbonyl (C=O) groups is 1. The molecule has 1 aromatic carbocycles. The fourth-order valence-electron chi connectivity index (χ4n) is 3.62. The zero-order valence-electron chi connectivity index (χ0n) is 17.6. The van der Waals surface area contributed by atoms with Gasteiger partial charge in [0.05, 0.1) is 40.9 Å². The molecule has 0 saturated carbocycles. The van der Waals surface area contributed by atoms with Crippen LogP contribution in [-0.2, 0) is 0 Å². The lowest BCUT2D eigenvalue weighted by atomic mass is 10.1. The molecular formula is C22H23ClN8O. The summed E-state index contributed by atoms with van der Waals surface area (Å²) in [6.45, 7) is 2.09. The van der Waals surface area contributed by atoms with Crippen LogP contribution < -0.4 is 10.6 Å². The average Bonchev–Trinajstić information content (AvgIpc) is 3.28. The lowest BCUT2D eigenvalue weighted by Gasteiger charge is -2.28. The van der Waals surface area contributed by atoms with E-state index in [9.17, 15) is 4.79 Å². The number of hydrogen-bond donors (Lipinski definition) is 2. The molecule has 0 atom stereocenters. The molecule has 1 aliphatic heterocycles. The number of aromatic nitrogens is 4. The summed E-state index contributed by atoms with van der Waals surface area (Å²) in [5.41, 5.74) is 2.56. The highest BCUT2D eigenvalue weighted by Crippen LogP contribution is 2.28. The van der Waals surface area contributed by atoms with Crippen molar-refractivity contribution in [1.82, 2.24) is 30.0 Å². The first-order valence-electron chi connectivity index (χ1n) is 10.3. The Morgan fingerprint density at radius 1 is 1.25 bits per heavy atom. The maximum atomic E-state index is 12.0. The van der Waals surface area contributed by atoms with Gasteiger partial charge in [-0.05, 0) is 45.1 Å². The first-order chi connectivity index (χ1) is 15.5. The summed E-state index contributed by atoms with van der Waals surface area (Å²) in [4.78, 5) is 23.1. The van der Waals surface area contributed by atoms with Gasteiger partial charge in [-0.2, -0.15) is 10.4 Å². The number of anilines is 2. The minimum atomic E-state index is -0.309. The molecular weight excluding hydrogens is 428 g/mol. The van der Waals surface area contributed by atoms with Crippen molar-refractivity contribution in [3.8, 4) is 17.3 Å². The SMILES string of the molecule is CN1CCC(n2cc(Nc3ncc(Cl)c(-c4ccc(C(=O)NCC#N)cc4)n3)cn2)CC1. The van der Waals surface area contributed by atoms with Gasteiger partial charge in [-0.25, -0.2) is 9.97 Å². The second-order valence-electron chi connectivity index (χ2n) is 7.68. The molecule has 0 aliphatic carbocycles. The van der Waals surface area contributed by atoms with Crippen molar-refractivity contribution in [2.24, 2.45) is 0 Å². The predicted octanol–water partition coefficient (Wildman–Crippen LogP) is 3.26. The Kier molecular flexibility index (Phi) is 6.63. The molecule has 1 aliphatic rings. The molecule has 2 aromatic heterocycles. The van der Waals surface area contributed by atoms with Gasteiger partial charge in [0.1, 0.15) is 6.54 Å². The molecule has 1 amide bonds. The van der Waals surface area contributed by atoms with Gasteiger partial charge in [-0.3, -0.25) is 9.48 Å². The molecule has 4 rings (SSSR count). The normalized spacial score (nSPS) is 14.7. The minimum absolute atomic E-state index is 0.0399. The van der Waals surface area contributed by atoms with Gasteiger partial charge in [0.2, 0.25) is 5.95 Å². The summed E-state index contributed by atoms with van der Waals surface area (Å²) in [5.74, 6) is 0.0963. The molecule has 0 unspecified atom stereocenters. The quantitative estimate of drug-likeness (QED) is 0.554. The van der Waals surface area contributed by atoms with E-state index in [1.165, 1.54) is 0 Å². The van der Waals surface area contributed by atoms with Gasteiger partial charge in [-0.1, -0.05) is 23.7 Å². The third-order valence-corrected chi connectivity index (χ3v) is 5.69. The van der Waals surface area contributed by atoms with Gasteiger partial charge in [-0.15, -0.1) is 0 Å². The number of nitrogens with one attached hydrogen (secondary N) is 2. The summed E-state index contributed by atoms with van der Waals surface area (Å²) in [6, 6.07) is 9.13. The van der Waals surface area contributed by atoms with E-state index in [0.717, 1.165) is 37.2 Å². The highest BCUT2D eigenvalue weighted by molar-refractivity contribution is 6.32. The molecule has 1 saturated heterocycles. The summed E-state index contributed by atoms with van der Waals surface area (Å²) >= 11 is 6.33. The molecule has 0 radical (unpaired) electrons. The Balaban J connectivity index is 1.47. The summed E-state index contributed by atoms with van der Waals surface area (Å²) in [7, 11) is 2.14. The largest absolute Gasteiger partial charge is 0.339 e. The molecule has 3 heterocycles. The van der Waals surface area contributed by atoms with Crippen molar-refractivity contribution in [2.75, 3.05) is 32.0 Å². The van der Waals surface area contributed by atoms with Crippen molar-refractivity contribution >= 4 is 29.1 Å². The highest BCUT2D eigenvalue weighted by Gasteiger charge is 2.19. The molecule has 0 bridgehead atoms. The van der Waals surface area contributed by atoms with Crippen molar-refractivity contribution in [3.05, 3.63) is 53.4 Å². The van der Waals surface area contributed by atoms with Crippen LogP contribution in [0.1, 0.15) is 29.2 Å². The topological polar surface area (TPSA) is 112 Å². The molecule has 3 aromatic rings. The van der Waals surface area contributed by atoms with Crippen LogP contribution in [0, 0.1) is 11.3 Å². The molecule has 2 N–H and O–H groups in total. The van der Waals surface area contributed by atoms with Crippen LogP contribution in [0.15, 0.2) is 42.9 Å². The van der Waals surface area contributed by atoms with E-state index in [1.807, 2.05) is 16.9 Å². The van der Waals surface area contributed by atoms with Gasteiger partial charge >= 0.3 is 0 Å². The summed E-state index contributed by atoms with van der Waals surface area (Å²) in [5, 5.41) is 19.2. The number of rotatable bonds is 6. The Bertz CT molecular complexity index is 1130. The van der Waals surface area contributed by atoms with Gasteiger partial charge in [0.15, 0.2) is 0 Å². The third-order valence-electron chi connectivity index (χ3n) is 5.41. The van der Waals surface area contributed by atoms with E-state index in [-0.39, 0.29) is 12.5 Å². The van der Waals surface area contributed by atoms with E-state index < -0.39 is 0 Å². The predicted molar refractivity (Wildman–Crippen MR) is 122 cm³/mol. The smallest absolute Gasteiger partial charge is 0.252 e. The number of nitriles is 1. The number of likely N-dealkylation sites (tertiary alicyclic amines) is 1. The fourth-order valence-corrected chi connectivity index (χ4v) is 3.82. The first kappa shape index (κ1) is 21.7. The second kappa shape index (κ2) is 9.77. The number of hydrogen-bond acceptors (Lipinski definition) is 7. The zero-order chi connectivity index (χ0) is 22.5. The van der Waals surface area contributed by atoms with Crippen molar-refractivity contribution in [2.45, 2.75) is 18.9 Å². The van der Waals surface area contributed by atoms with Gasteiger partial charge < -0.3 is 15.5 Å². The second-order valence-corrected chi connectivity index (χ2v) is 8.08. The summed E-state index contributed by atoms with van der Waals surface area (Å²) in [6.07, 6.45) is 7.43. The number of nitrogens with zero attached hydrogens (tertiary/aromatic N) is 6. The van der Waals surface area contributed by atoms with Crippen molar-refractivity contribution in [1.29, 1.82) is 5.26 Å². The Morgan fingerprint density at radius 2 is 2.00 bits per heavy atom. The third kappa shape index (κ3) is 5.04. The van der Waals surface area contributed by atoms with Gasteiger partial charge in [0, 0.05) is 17.3 Å². The first-order valence-corrected chi connectivity index (χ1v) is 10.7. The summed E-state index contributed by atoms with van der Waals surface area (Å²) < 4.78 is 2.00. The van der Waals surface area contributed by atoms with Crippen LogP contribution in [-0.4, -0.2) is 57.2 Å². The monoisotopic (exact) mass is 450 g/mol. The van der Waals surface area contributed by atoms with Crippen LogP contribution in [0.2, 0.25) is 5.02 Å². The molecule has 1 fully saturated rings. The van der Waals surface area contributed by atoms with Crippen LogP contribution in [0.3, 0.4) is 0 Å². The maximum absolute atomic E-state index is 12.0. The molecule has 0 spiro atoms. The maximum Gasteiger partial charge on any atom is 0.252 e. The van der Waals surface area contributed by atoms with E-state index >= 15 is 0 Å².